The molecular weight excluding hydrogens is 300 g/mol. The van der Waals surface area contributed by atoms with Crippen molar-refractivity contribution in [3.8, 4) is 0 Å². The highest BCUT2D eigenvalue weighted by Crippen LogP contribution is 2.29. The van der Waals surface area contributed by atoms with Crippen LogP contribution in [0.3, 0.4) is 0 Å². The Hall–Kier alpha value is -1.40. The van der Waals surface area contributed by atoms with Crippen molar-refractivity contribution < 1.29 is 12.9 Å². The normalized spacial score (nSPS) is 23.4. The first-order valence-corrected chi connectivity index (χ1v) is 9.46. The molecule has 0 aliphatic carbocycles. The van der Waals surface area contributed by atoms with E-state index < -0.39 is 10.0 Å². The Labute approximate surface area is 131 Å². The van der Waals surface area contributed by atoms with Gasteiger partial charge in [0.1, 0.15) is 0 Å². The summed E-state index contributed by atoms with van der Waals surface area (Å²) in [5.41, 5.74) is 1.43. The molecule has 5 nitrogen and oxygen atoms in total. The molecule has 6 heteroatoms. The number of fused-ring (bicyclic) bond motifs is 1. The van der Waals surface area contributed by atoms with Crippen LogP contribution in [0, 0.1) is 5.92 Å². The molecule has 120 valence electrons. The minimum Gasteiger partial charge on any atom is -0.356 e. The zero-order valence-electron chi connectivity index (χ0n) is 13.0. The summed E-state index contributed by atoms with van der Waals surface area (Å²) in [7, 11) is -3.25. The Morgan fingerprint density at radius 2 is 2.14 bits per heavy atom. The van der Waals surface area contributed by atoms with E-state index in [1.54, 1.807) is 4.31 Å². The number of nitrogens with zero attached hydrogens (tertiary/aromatic N) is 2. The maximum absolute atomic E-state index is 12.6. The Morgan fingerprint density at radius 1 is 1.36 bits per heavy atom. The molecule has 0 radical (unpaired) electrons. The fraction of sp³-hybridized carbons (Fsp3) is 0.562. The summed E-state index contributed by atoms with van der Waals surface area (Å²) < 4.78 is 32.2. The average Bonchev–Trinajstić information content (AvgIpc) is 3.09. The van der Waals surface area contributed by atoms with Crippen molar-refractivity contribution in [2.75, 3.05) is 12.3 Å². The summed E-state index contributed by atoms with van der Waals surface area (Å²) in [6.07, 6.45) is 2.21. The lowest BCUT2D eigenvalue weighted by atomic mass is 10.0. The Kier molecular flexibility index (Phi) is 4.23. The van der Waals surface area contributed by atoms with Gasteiger partial charge in [-0.3, -0.25) is 0 Å². The first-order valence-electron chi connectivity index (χ1n) is 7.85. The summed E-state index contributed by atoms with van der Waals surface area (Å²) >= 11 is 0. The summed E-state index contributed by atoms with van der Waals surface area (Å²) in [5.74, 6) is 0.528. The third-order valence-electron chi connectivity index (χ3n) is 4.66. The SMILES string of the molecule is CCC1C(C)CCN1S(=O)(=O)CCc1noc2ccccc12. The van der Waals surface area contributed by atoms with Crippen LogP contribution in [0.25, 0.3) is 11.0 Å². The van der Waals surface area contributed by atoms with Crippen LogP contribution in [0.5, 0.6) is 0 Å². The van der Waals surface area contributed by atoms with Crippen LogP contribution in [-0.2, 0) is 16.4 Å². The number of sulfonamides is 1. The van der Waals surface area contributed by atoms with E-state index in [0.717, 1.165) is 23.9 Å². The summed E-state index contributed by atoms with van der Waals surface area (Å²) in [6, 6.07) is 7.69. The molecule has 0 spiro atoms. The van der Waals surface area contributed by atoms with Gasteiger partial charge in [0.25, 0.3) is 0 Å². The van der Waals surface area contributed by atoms with Gasteiger partial charge in [0.15, 0.2) is 5.58 Å². The molecule has 2 heterocycles. The number of para-hydroxylation sites is 1. The fourth-order valence-electron chi connectivity index (χ4n) is 3.39. The molecule has 2 atom stereocenters. The van der Waals surface area contributed by atoms with Crippen molar-refractivity contribution in [2.24, 2.45) is 5.92 Å². The third-order valence-corrected chi connectivity index (χ3v) is 6.54. The highest BCUT2D eigenvalue weighted by molar-refractivity contribution is 7.89. The summed E-state index contributed by atoms with van der Waals surface area (Å²) in [4.78, 5) is 0. The smallest absolute Gasteiger partial charge is 0.214 e. The van der Waals surface area contributed by atoms with E-state index in [1.165, 1.54) is 0 Å². The topological polar surface area (TPSA) is 63.4 Å². The van der Waals surface area contributed by atoms with E-state index in [9.17, 15) is 8.42 Å². The number of rotatable bonds is 5. The molecule has 1 aliphatic heterocycles. The lowest BCUT2D eigenvalue weighted by Crippen LogP contribution is -2.38. The van der Waals surface area contributed by atoms with Gasteiger partial charge in [-0.2, -0.15) is 4.31 Å². The van der Waals surface area contributed by atoms with Crippen LogP contribution >= 0.6 is 0 Å². The van der Waals surface area contributed by atoms with Crippen LogP contribution in [0.1, 0.15) is 32.4 Å². The Morgan fingerprint density at radius 3 is 2.91 bits per heavy atom. The van der Waals surface area contributed by atoms with Crippen molar-refractivity contribution in [3.63, 3.8) is 0 Å². The van der Waals surface area contributed by atoms with Gasteiger partial charge >= 0.3 is 0 Å². The monoisotopic (exact) mass is 322 g/mol. The third kappa shape index (κ3) is 2.77. The van der Waals surface area contributed by atoms with E-state index in [0.29, 0.717) is 24.5 Å². The molecule has 0 amide bonds. The van der Waals surface area contributed by atoms with Crippen molar-refractivity contribution in [1.82, 2.24) is 9.46 Å². The van der Waals surface area contributed by atoms with Crippen molar-refractivity contribution in [1.29, 1.82) is 0 Å². The van der Waals surface area contributed by atoms with E-state index in [1.807, 2.05) is 24.3 Å². The number of aryl methyl sites for hydroxylation is 1. The van der Waals surface area contributed by atoms with Gasteiger partial charge in [0.2, 0.25) is 10.0 Å². The maximum Gasteiger partial charge on any atom is 0.214 e. The van der Waals surface area contributed by atoms with Crippen LogP contribution in [0.15, 0.2) is 28.8 Å². The maximum atomic E-state index is 12.6. The van der Waals surface area contributed by atoms with Gasteiger partial charge in [-0.15, -0.1) is 0 Å². The average molecular weight is 322 g/mol. The molecule has 1 aliphatic rings. The Bertz CT molecular complexity index is 754. The first-order chi connectivity index (χ1) is 10.5. The minimum absolute atomic E-state index is 0.0900. The highest BCUT2D eigenvalue weighted by Gasteiger charge is 2.37. The molecule has 1 saturated heterocycles. The second-order valence-corrected chi connectivity index (χ2v) is 8.08. The molecule has 1 aromatic heterocycles. The van der Waals surface area contributed by atoms with E-state index >= 15 is 0 Å². The largest absolute Gasteiger partial charge is 0.356 e. The zero-order chi connectivity index (χ0) is 15.7. The molecule has 0 N–H and O–H groups in total. The number of benzene rings is 1. The number of aromatic nitrogens is 1. The second kappa shape index (κ2) is 6.01. The fourth-order valence-corrected chi connectivity index (χ4v) is 5.22. The molecule has 22 heavy (non-hydrogen) atoms. The predicted molar refractivity (Wildman–Crippen MR) is 86.1 cm³/mol. The minimum atomic E-state index is -3.25. The molecule has 1 fully saturated rings. The first kappa shape index (κ1) is 15.5. The van der Waals surface area contributed by atoms with Gasteiger partial charge in [-0.05, 0) is 30.9 Å². The van der Waals surface area contributed by atoms with Crippen molar-refractivity contribution in [3.05, 3.63) is 30.0 Å². The van der Waals surface area contributed by atoms with Crippen molar-refractivity contribution in [2.45, 2.75) is 39.2 Å². The lowest BCUT2D eigenvalue weighted by molar-refractivity contribution is 0.339. The molecule has 2 aromatic rings. The number of hydrogen-bond donors (Lipinski definition) is 0. The van der Waals surface area contributed by atoms with Crippen LogP contribution < -0.4 is 0 Å². The standard InChI is InChI=1S/C16H22N2O3S/c1-3-15-12(2)8-10-18(15)22(19,20)11-9-14-13-6-4-5-7-16(13)21-17-14/h4-7,12,15H,3,8-11H2,1-2H3. The predicted octanol–water partition coefficient (Wildman–Crippen LogP) is 2.82. The molecule has 1 aromatic carbocycles. The quantitative estimate of drug-likeness (QED) is 0.849. The second-order valence-electron chi connectivity index (χ2n) is 6.04. The van der Waals surface area contributed by atoms with E-state index in [2.05, 4.69) is 19.0 Å². The van der Waals surface area contributed by atoms with Crippen LogP contribution in [-0.4, -0.2) is 36.2 Å². The summed E-state index contributed by atoms with van der Waals surface area (Å²) in [6.45, 7) is 4.83. The summed E-state index contributed by atoms with van der Waals surface area (Å²) in [5, 5.41) is 4.92. The zero-order valence-corrected chi connectivity index (χ0v) is 13.8. The lowest BCUT2D eigenvalue weighted by Gasteiger charge is -2.25. The van der Waals surface area contributed by atoms with Crippen LogP contribution in [0.2, 0.25) is 0 Å². The van der Waals surface area contributed by atoms with Gasteiger partial charge in [-0.25, -0.2) is 8.42 Å². The van der Waals surface area contributed by atoms with Gasteiger partial charge in [0, 0.05) is 24.4 Å². The van der Waals surface area contributed by atoms with Gasteiger partial charge < -0.3 is 4.52 Å². The van der Waals surface area contributed by atoms with Gasteiger partial charge in [-0.1, -0.05) is 31.1 Å². The molecule has 0 bridgehead atoms. The van der Waals surface area contributed by atoms with Crippen molar-refractivity contribution >= 4 is 21.0 Å². The molecule has 3 rings (SSSR count). The van der Waals surface area contributed by atoms with E-state index in [-0.39, 0.29) is 11.8 Å². The van der Waals surface area contributed by atoms with Crippen LogP contribution in [0.4, 0.5) is 0 Å². The Balaban J connectivity index is 1.75. The highest BCUT2D eigenvalue weighted by atomic mass is 32.2. The number of hydrogen-bond acceptors (Lipinski definition) is 4. The molecular formula is C16H22N2O3S. The van der Waals surface area contributed by atoms with E-state index in [4.69, 9.17) is 4.52 Å². The van der Waals surface area contributed by atoms with Gasteiger partial charge in [0.05, 0.1) is 11.4 Å². The molecule has 0 saturated carbocycles. The molecule has 2 unspecified atom stereocenters.